The number of anilines is 1. The molecular weight excluding hydrogens is 457 g/mol. The van der Waals surface area contributed by atoms with Crippen molar-refractivity contribution in [1.29, 1.82) is 0 Å². The molecule has 1 atom stereocenters. The molecule has 35 heavy (non-hydrogen) atoms. The average molecular weight is 478 g/mol. The largest absolute Gasteiger partial charge is 0.366 e. The van der Waals surface area contributed by atoms with Crippen molar-refractivity contribution in [2.75, 3.05) is 5.73 Å². The molecule has 4 heterocycles. The highest BCUT2D eigenvalue weighted by Gasteiger charge is 2.38. The van der Waals surface area contributed by atoms with E-state index in [0.717, 1.165) is 30.2 Å². The van der Waals surface area contributed by atoms with Crippen LogP contribution in [0.15, 0.2) is 55.0 Å². The van der Waals surface area contributed by atoms with Gasteiger partial charge in [-0.1, -0.05) is 12.1 Å². The number of hydrogen-bond acceptors (Lipinski definition) is 6. The van der Waals surface area contributed by atoms with Crippen LogP contribution < -0.4 is 5.73 Å². The number of nitrogens with zero attached hydrogens (tertiary/aromatic N) is 7. The standard InChI is InChI=1S/C24H21F3N8/c1-13-17(9-11-34-22(13)31-23(28)33-34)21-29-10-8-19(30-21)18-12-35(32-14(18)2)20(24(3,26)27)15-4-6-16(25)7-5-15/h4-12,20H,1-3H3,(H2,28,33)/t20-/m1/s1. The Labute approximate surface area is 198 Å². The van der Waals surface area contributed by atoms with E-state index in [1.807, 2.05) is 13.0 Å². The quantitative estimate of drug-likeness (QED) is 0.395. The fraction of sp³-hybridized carbons (Fsp3) is 0.208. The third-order valence-corrected chi connectivity index (χ3v) is 5.79. The van der Waals surface area contributed by atoms with Crippen molar-refractivity contribution in [1.82, 2.24) is 34.3 Å². The van der Waals surface area contributed by atoms with Gasteiger partial charge >= 0.3 is 0 Å². The van der Waals surface area contributed by atoms with E-state index >= 15 is 0 Å². The van der Waals surface area contributed by atoms with Crippen molar-refractivity contribution in [3.8, 4) is 22.6 Å². The maximum atomic E-state index is 14.7. The highest BCUT2D eigenvalue weighted by atomic mass is 19.3. The Morgan fingerprint density at radius 1 is 0.971 bits per heavy atom. The SMILES string of the molecule is Cc1nn([C@H](c2ccc(F)cc2)C(C)(F)F)cc1-c1ccnc(-c2ccn3nc(N)nc3c2C)n1. The molecule has 0 spiro atoms. The predicted octanol–water partition coefficient (Wildman–Crippen LogP) is 4.63. The summed E-state index contributed by atoms with van der Waals surface area (Å²) in [5.74, 6) is -3.06. The minimum absolute atomic E-state index is 0.159. The van der Waals surface area contributed by atoms with Crippen molar-refractivity contribution in [2.24, 2.45) is 0 Å². The zero-order valence-corrected chi connectivity index (χ0v) is 19.1. The smallest absolute Gasteiger partial charge is 0.271 e. The van der Waals surface area contributed by atoms with Crippen LogP contribution in [0.5, 0.6) is 0 Å². The van der Waals surface area contributed by atoms with Gasteiger partial charge in [0, 0.05) is 42.2 Å². The number of fused-ring (bicyclic) bond motifs is 1. The minimum atomic E-state index is -3.16. The number of benzene rings is 1. The highest BCUT2D eigenvalue weighted by Crippen LogP contribution is 2.36. The van der Waals surface area contributed by atoms with Gasteiger partial charge in [0.2, 0.25) is 5.95 Å². The number of nitrogens with two attached hydrogens (primary N) is 1. The van der Waals surface area contributed by atoms with Crippen LogP contribution in [0.25, 0.3) is 28.3 Å². The van der Waals surface area contributed by atoms with Crippen molar-refractivity contribution >= 4 is 11.6 Å². The number of aryl methyl sites for hydroxylation is 2. The van der Waals surface area contributed by atoms with Crippen LogP contribution in [0, 0.1) is 19.7 Å². The Morgan fingerprint density at radius 2 is 1.71 bits per heavy atom. The highest BCUT2D eigenvalue weighted by molar-refractivity contribution is 5.71. The van der Waals surface area contributed by atoms with E-state index in [4.69, 9.17) is 5.73 Å². The molecule has 2 N–H and O–H groups in total. The Kier molecular flexibility index (Phi) is 5.27. The van der Waals surface area contributed by atoms with Gasteiger partial charge in [-0.3, -0.25) is 4.68 Å². The number of pyridine rings is 1. The lowest BCUT2D eigenvalue weighted by Crippen LogP contribution is -2.29. The topological polar surface area (TPSA) is 99.8 Å². The third kappa shape index (κ3) is 4.09. The second kappa shape index (κ2) is 8.19. The number of hydrogen-bond donors (Lipinski definition) is 1. The number of rotatable bonds is 5. The first-order chi connectivity index (χ1) is 16.6. The Bertz CT molecular complexity index is 1530. The molecule has 0 radical (unpaired) electrons. The Balaban J connectivity index is 1.57. The van der Waals surface area contributed by atoms with Crippen molar-refractivity contribution in [2.45, 2.75) is 32.7 Å². The number of alkyl halides is 2. The van der Waals surface area contributed by atoms with Gasteiger partial charge in [-0.2, -0.15) is 10.1 Å². The summed E-state index contributed by atoms with van der Waals surface area (Å²) in [6, 6.07) is 7.08. The molecule has 0 saturated carbocycles. The van der Waals surface area contributed by atoms with Crippen LogP contribution in [0.3, 0.4) is 0 Å². The fourth-order valence-corrected chi connectivity index (χ4v) is 4.16. The predicted molar refractivity (Wildman–Crippen MR) is 124 cm³/mol. The summed E-state index contributed by atoms with van der Waals surface area (Å²) in [4.78, 5) is 13.3. The van der Waals surface area contributed by atoms with Crippen molar-refractivity contribution in [3.63, 3.8) is 0 Å². The van der Waals surface area contributed by atoms with Crippen LogP contribution in [0.4, 0.5) is 19.1 Å². The average Bonchev–Trinajstić information content (AvgIpc) is 3.37. The number of halogens is 3. The Morgan fingerprint density at radius 3 is 2.43 bits per heavy atom. The van der Waals surface area contributed by atoms with Gasteiger partial charge in [0.25, 0.3) is 5.92 Å². The molecule has 1 aromatic carbocycles. The third-order valence-electron chi connectivity index (χ3n) is 5.79. The molecule has 11 heteroatoms. The van der Waals surface area contributed by atoms with E-state index in [2.05, 4.69) is 25.1 Å². The summed E-state index contributed by atoms with van der Waals surface area (Å²) in [5, 5.41) is 8.47. The Hall–Kier alpha value is -4.28. The molecule has 0 amide bonds. The maximum absolute atomic E-state index is 14.7. The summed E-state index contributed by atoms with van der Waals surface area (Å²) in [5.41, 5.74) is 9.70. The van der Waals surface area contributed by atoms with Gasteiger partial charge in [-0.25, -0.2) is 27.7 Å². The molecular formula is C24H21F3N8. The van der Waals surface area contributed by atoms with Gasteiger partial charge < -0.3 is 5.73 Å². The van der Waals surface area contributed by atoms with Crippen molar-refractivity contribution < 1.29 is 13.2 Å². The van der Waals surface area contributed by atoms with E-state index in [1.54, 1.807) is 29.9 Å². The first-order valence-electron chi connectivity index (χ1n) is 10.8. The molecule has 0 aliphatic heterocycles. The molecule has 178 valence electrons. The van der Waals surface area contributed by atoms with Gasteiger partial charge in [0.15, 0.2) is 11.5 Å². The monoisotopic (exact) mass is 478 g/mol. The zero-order chi connectivity index (χ0) is 24.9. The second-order valence-electron chi connectivity index (χ2n) is 8.38. The normalized spacial score (nSPS) is 12.9. The summed E-state index contributed by atoms with van der Waals surface area (Å²) in [6.45, 7) is 4.41. The lowest BCUT2D eigenvalue weighted by molar-refractivity contribution is -0.0217. The van der Waals surface area contributed by atoms with Crippen LogP contribution in [0.1, 0.15) is 29.8 Å². The molecule has 0 aliphatic carbocycles. The van der Waals surface area contributed by atoms with Gasteiger partial charge in [-0.15, -0.1) is 5.10 Å². The van der Waals surface area contributed by atoms with Crippen LogP contribution in [0.2, 0.25) is 0 Å². The van der Waals surface area contributed by atoms with Crippen molar-refractivity contribution in [3.05, 3.63) is 77.6 Å². The zero-order valence-electron chi connectivity index (χ0n) is 19.1. The van der Waals surface area contributed by atoms with Gasteiger partial charge in [0.1, 0.15) is 11.9 Å². The van der Waals surface area contributed by atoms with Crippen LogP contribution in [-0.4, -0.2) is 40.3 Å². The number of nitrogen functional groups attached to an aromatic ring is 1. The summed E-state index contributed by atoms with van der Waals surface area (Å²) in [7, 11) is 0. The van der Waals surface area contributed by atoms with E-state index in [9.17, 15) is 13.2 Å². The first kappa shape index (κ1) is 22.5. The van der Waals surface area contributed by atoms with Gasteiger partial charge in [0.05, 0.1) is 11.4 Å². The molecule has 5 aromatic rings. The molecule has 8 nitrogen and oxygen atoms in total. The molecule has 5 rings (SSSR count). The fourth-order valence-electron chi connectivity index (χ4n) is 4.16. The van der Waals surface area contributed by atoms with Crippen LogP contribution in [-0.2, 0) is 0 Å². The molecule has 0 fully saturated rings. The van der Waals surface area contributed by atoms with E-state index in [1.165, 1.54) is 23.0 Å². The lowest BCUT2D eigenvalue weighted by Gasteiger charge is -2.24. The molecule has 0 unspecified atom stereocenters. The lowest BCUT2D eigenvalue weighted by atomic mass is 10.0. The number of aromatic nitrogens is 7. The summed E-state index contributed by atoms with van der Waals surface area (Å²) in [6.07, 6.45) is 4.85. The minimum Gasteiger partial charge on any atom is -0.366 e. The summed E-state index contributed by atoms with van der Waals surface area (Å²) >= 11 is 0. The molecule has 0 aliphatic rings. The molecule has 4 aromatic heterocycles. The second-order valence-corrected chi connectivity index (χ2v) is 8.38. The molecule has 0 bridgehead atoms. The van der Waals surface area contributed by atoms with Crippen LogP contribution >= 0.6 is 0 Å². The van der Waals surface area contributed by atoms with E-state index in [-0.39, 0.29) is 11.5 Å². The first-order valence-corrected chi connectivity index (χ1v) is 10.8. The molecule has 0 saturated heterocycles. The van der Waals surface area contributed by atoms with E-state index in [0.29, 0.717) is 28.4 Å². The van der Waals surface area contributed by atoms with E-state index < -0.39 is 17.8 Å². The van der Waals surface area contributed by atoms with Gasteiger partial charge in [-0.05, 0) is 43.7 Å². The maximum Gasteiger partial charge on any atom is 0.271 e. The summed E-state index contributed by atoms with van der Waals surface area (Å²) < 4.78 is 45.5.